The van der Waals surface area contributed by atoms with Crippen molar-refractivity contribution in [3.63, 3.8) is 0 Å². The first-order chi connectivity index (χ1) is 12.5. The highest BCUT2D eigenvalue weighted by molar-refractivity contribution is 8.00. The minimum atomic E-state index is -0.324. The molecule has 0 aliphatic rings. The maximum atomic E-state index is 12.8. The largest absolute Gasteiger partial charge is 0.315 e. The Labute approximate surface area is 157 Å². The van der Waals surface area contributed by atoms with Gasteiger partial charge in [0.1, 0.15) is 0 Å². The predicted octanol–water partition coefficient (Wildman–Crippen LogP) is 3.42. The van der Waals surface area contributed by atoms with E-state index < -0.39 is 0 Å². The fourth-order valence-electron chi connectivity index (χ4n) is 2.63. The SMILES string of the molecule is Cc1cccc(-n2nnnc2S[C@@H](C)C(=O)N(C)c2ccccc2)c1C. The summed E-state index contributed by atoms with van der Waals surface area (Å²) in [4.78, 5) is 14.4. The first-order valence-corrected chi connectivity index (χ1v) is 9.21. The second-order valence-corrected chi connectivity index (χ2v) is 7.39. The van der Waals surface area contributed by atoms with Crippen LogP contribution in [0.1, 0.15) is 18.1 Å². The van der Waals surface area contributed by atoms with E-state index in [2.05, 4.69) is 28.5 Å². The van der Waals surface area contributed by atoms with Gasteiger partial charge in [-0.25, -0.2) is 0 Å². The van der Waals surface area contributed by atoms with E-state index in [9.17, 15) is 4.79 Å². The lowest BCUT2D eigenvalue weighted by Gasteiger charge is -2.21. The van der Waals surface area contributed by atoms with E-state index in [1.165, 1.54) is 17.3 Å². The number of tetrazole rings is 1. The average molecular weight is 367 g/mol. The van der Waals surface area contributed by atoms with E-state index in [1.807, 2.05) is 56.3 Å². The van der Waals surface area contributed by atoms with Gasteiger partial charge in [0.15, 0.2) is 0 Å². The smallest absolute Gasteiger partial charge is 0.240 e. The van der Waals surface area contributed by atoms with Gasteiger partial charge in [0.05, 0.1) is 10.9 Å². The van der Waals surface area contributed by atoms with Gasteiger partial charge in [-0.1, -0.05) is 42.1 Å². The van der Waals surface area contributed by atoms with Gasteiger partial charge < -0.3 is 4.90 Å². The number of amides is 1. The molecule has 0 saturated carbocycles. The Balaban J connectivity index is 1.81. The number of aromatic nitrogens is 4. The summed E-state index contributed by atoms with van der Waals surface area (Å²) in [6.07, 6.45) is 0. The number of hydrogen-bond donors (Lipinski definition) is 0. The van der Waals surface area contributed by atoms with Crippen LogP contribution in [0.4, 0.5) is 5.69 Å². The fraction of sp³-hybridized carbons (Fsp3) is 0.263. The average Bonchev–Trinajstić information content (AvgIpc) is 3.11. The minimum Gasteiger partial charge on any atom is -0.315 e. The van der Waals surface area contributed by atoms with Gasteiger partial charge in [0.25, 0.3) is 0 Å². The van der Waals surface area contributed by atoms with E-state index in [1.54, 1.807) is 16.6 Å². The molecule has 0 spiro atoms. The summed E-state index contributed by atoms with van der Waals surface area (Å²) in [6, 6.07) is 15.6. The van der Waals surface area contributed by atoms with E-state index in [0.29, 0.717) is 5.16 Å². The molecule has 0 bridgehead atoms. The van der Waals surface area contributed by atoms with Crippen molar-refractivity contribution in [1.82, 2.24) is 20.2 Å². The number of para-hydroxylation sites is 1. The van der Waals surface area contributed by atoms with Gasteiger partial charge in [-0.2, -0.15) is 4.68 Å². The van der Waals surface area contributed by atoms with E-state index in [0.717, 1.165) is 16.9 Å². The van der Waals surface area contributed by atoms with Crippen molar-refractivity contribution in [3.05, 3.63) is 59.7 Å². The van der Waals surface area contributed by atoms with Crippen LogP contribution in [-0.4, -0.2) is 38.4 Å². The molecule has 0 fully saturated rings. The number of aryl methyl sites for hydroxylation is 1. The standard InChI is InChI=1S/C19H21N5OS/c1-13-9-8-12-17(14(13)2)24-19(20-21-22-24)26-15(3)18(25)23(4)16-10-6-5-7-11-16/h5-12,15H,1-4H3/t15-/m0/s1. The minimum absolute atomic E-state index is 0.00304. The number of benzene rings is 2. The summed E-state index contributed by atoms with van der Waals surface area (Å²) >= 11 is 1.35. The third-order valence-corrected chi connectivity index (χ3v) is 5.37. The van der Waals surface area contributed by atoms with Crippen LogP contribution in [0.25, 0.3) is 5.69 Å². The van der Waals surface area contributed by atoms with Crippen molar-refractivity contribution < 1.29 is 4.79 Å². The Morgan fingerprint density at radius 2 is 1.85 bits per heavy atom. The van der Waals surface area contributed by atoms with Crippen molar-refractivity contribution in [1.29, 1.82) is 0 Å². The zero-order valence-electron chi connectivity index (χ0n) is 15.2. The van der Waals surface area contributed by atoms with Gasteiger partial charge in [-0.3, -0.25) is 4.79 Å². The van der Waals surface area contributed by atoms with Crippen LogP contribution in [0.15, 0.2) is 53.7 Å². The second-order valence-electron chi connectivity index (χ2n) is 6.09. The summed E-state index contributed by atoms with van der Waals surface area (Å²) in [6.45, 7) is 5.96. The number of anilines is 1. The van der Waals surface area contributed by atoms with Crippen molar-refractivity contribution in [3.8, 4) is 5.69 Å². The Morgan fingerprint density at radius 1 is 1.12 bits per heavy atom. The van der Waals surface area contributed by atoms with Crippen LogP contribution in [-0.2, 0) is 4.79 Å². The molecule has 1 heterocycles. The van der Waals surface area contributed by atoms with Crippen LogP contribution in [0, 0.1) is 13.8 Å². The monoisotopic (exact) mass is 367 g/mol. The molecule has 0 radical (unpaired) electrons. The molecular weight excluding hydrogens is 346 g/mol. The molecule has 0 aliphatic carbocycles. The Hall–Kier alpha value is -2.67. The Bertz CT molecular complexity index is 909. The molecular formula is C19H21N5OS. The summed E-state index contributed by atoms with van der Waals surface area (Å²) in [5.41, 5.74) is 4.07. The van der Waals surface area contributed by atoms with E-state index in [4.69, 9.17) is 0 Å². The number of thioether (sulfide) groups is 1. The number of nitrogens with zero attached hydrogens (tertiary/aromatic N) is 5. The zero-order chi connectivity index (χ0) is 18.7. The fourth-order valence-corrected chi connectivity index (χ4v) is 3.52. The molecule has 0 unspecified atom stereocenters. The highest BCUT2D eigenvalue weighted by Crippen LogP contribution is 2.27. The Kier molecular flexibility index (Phi) is 5.37. The van der Waals surface area contributed by atoms with Crippen LogP contribution in [0.3, 0.4) is 0 Å². The predicted molar refractivity (Wildman–Crippen MR) is 104 cm³/mol. The van der Waals surface area contributed by atoms with Gasteiger partial charge >= 0.3 is 0 Å². The van der Waals surface area contributed by atoms with Crippen LogP contribution >= 0.6 is 11.8 Å². The molecule has 0 aliphatic heterocycles. The first kappa shape index (κ1) is 18.1. The third-order valence-electron chi connectivity index (χ3n) is 4.35. The van der Waals surface area contributed by atoms with E-state index in [-0.39, 0.29) is 11.2 Å². The second kappa shape index (κ2) is 7.70. The van der Waals surface area contributed by atoms with Gasteiger partial charge in [0, 0.05) is 12.7 Å². The molecule has 1 atom stereocenters. The molecule has 1 amide bonds. The maximum absolute atomic E-state index is 12.8. The molecule has 6 nitrogen and oxygen atoms in total. The molecule has 0 N–H and O–H groups in total. The first-order valence-electron chi connectivity index (χ1n) is 8.33. The number of carbonyl (C=O) groups excluding carboxylic acids is 1. The van der Waals surface area contributed by atoms with Crippen LogP contribution < -0.4 is 4.90 Å². The lowest BCUT2D eigenvalue weighted by Crippen LogP contribution is -2.33. The van der Waals surface area contributed by atoms with Crippen molar-refractivity contribution in [2.24, 2.45) is 0 Å². The molecule has 134 valence electrons. The molecule has 26 heavy (non-hydrogen) atoms. The lowest BCUT2D eigenvalue weighted by molar-refractivity contribution is -0.117. The third kappa shape index (κ3) is 3.62. The summed E-state index contributed by atoms with van der Waals surface area (Å²) < 4.78 is 1.69. The molecule has 7 heteroatoms. The normalized spacial score (nSPS) is 12.0. The topological polar surface area (TPSA) is 63.9 Å². The molecule has 1 aromatic heterocycles. The number of carbonyl (C=O) groups is 1. The maximum Gasteiger partial charge on any atom is 0.240 e. The van der Waals surface area contributed by atoms with Crippen molar-refractivity contribution in [2.75, 3.05) is 11.9 Å². The Morgan fingerprint density at radius 3 is 2.58 bits per heavy atom. The molecule has 0 saturated heterocycles. The van der Waals surface area contributed by atoms with Gasteiger partial charge in [-0.05, 0) is 60.5 Å². The van der Waals surface area contributed by atoms with Gasteiger partial charge in [0.2, 0.25) is 11.1 Å². The summed E-state index contributed by atoms with van der Waals surface area (Å²) in [5, 5.41) is 12.3. The highest BCUT2D eigenvalue weighted by Gasteiger charge is 2.23. The molecule has 2 aromatic carbocycles. The van der Waals surface area contributed by atoms with Crippen LogP contribution in [0.2, 0.25) is 0 Å². The lowest BCUT2D eigenvalue weighted by atomic mass is 10.1. The number of rotatable bonds is 5. The van der Waals surface area contributed by atoms with E-state index >= 15 is 0 Å². The summed E-state index contributed by atoms with van der Waals surface area (Å²) in [7, 11) is 1.78. The van der Waals surface area contributed by atoms with Crippen molar-refractivity contribution >= 4 is 23.4 Å². The summed E-state index contributed by atoms with van der Waals surface area (Å²) in [5.74, 6) is -0.00304. The van der Waals surface area contributed by atoms with Gasteiger partial charge in [-0.15, -0.1) is 5.10 Å². The van der Waals surface area contributed by atoms with Crippen molar-refractivity contribution in [2.45, 2.75) is 31.2 Å². The molecule has 3 rings (SSSR count). The quantitative estimate of drug-likeness (QED) is 0.647. The number of hydrogen-bond acceptors (Lipinski definition) is 5. The zero-order valence-corrected chi connectivity index (χ0v) is 16.1. The highest BCUT2D eigenvalue weighted by atomic mass is 32.2. The molecule has 3 aromatic rings. The van der Waals surface area contributed by atoms with Crippen LogP contribution in [0.5, 0.6) is 0 Å².